The molecule has 0 aliphatic rings. The second-order valence-electron chi connectivity index (χ2n) is 5.34. The number of aromatic nitrogens is 1. The minimum atomic E-state index is -1.25. The molecule has 1 aromatic heterocycles. The zero-order valence-electron chi connectivity index (χ0n) is 14.0. The van der Waals surface area contributed by atoms with Gasteiger partial charge in [0, 0.05) is 25.2 Å². The zero-order valence-corrected chi connectivity index (χ0v) is 14.0. The molecule has 0 bridgehead atoms. The fourth-order valence-electron chi connectivity index (χ4n) is 2.45. The summed E-state index contributed by atoms with van der Waals surface area (Å²) in [6.07, 6.45) is 4.90. The van der Waals surface area contributed by atoms with Crippen LogP contribution in [0.3, 0.4) is 0 Å². The van der Waals surface area contributed by atoms with Crippen LogP contribution in [0.1, 0.15) is 15.9 Å². The number of hydrogen-bond acceptors (Lipinski definition) is 5. The SMILES string of the molecule is COCCn1cc(C(=O)O)c(=O)c2cc(C=CCOCCO)ccc21. The molecule has 0 saturated carbocycles. The number of carboxylic acids is 1. The molecule has 0 fully saturated rings. The summed E-state index contributed by atoms with van der Waals surface area (Å²) in [6.45, 7) is 1.40. The highest BCUT2D eigenvalue weighted by molar-refractivity contribution is 5.93. The number of aromatic carboxylic acids is 1. The third kappa shape index (κ3) is 4.76. The number of hydrogen-bond donors (Lipinski definition) is 2. The van der Waals surface area contributed by atoms with E-state index in [9.17, 15) is 14.7 Å². The van der Waals surface area contributed by atoms with Crippen molar-refractivity contribution in [1.82, 2.24) is 4.57 Å². The molecule has 0 spiro atoms. The van der Waals surface area contributed by atoms with Crippen molar-refractivity contribution in [3.63, 3.8) is 0 Å². The average molecular weight is 347 g/mol. The van der Waals surface area contributed by atoms with Crippen molar-refractivity contribution in [3.8, 4) is 0 Å². The predicted molar refractivity (Wildman–Crippen MR) is 94.0 cm³/mol. The van der Waals surface area contributed by atoms with E-state index in [0.29, 0.717) is 30.7 Å². The van der Waals surface area contributed by atoms with Gasteiger partial charge in [-0.2, -0.15) is 0 Å². The molecule has 2 aromatic rings. The Labute approximate surface area is 144 Å². The van der Waals surface area contributed by atoms with Crippen LogP contribution >= 0.6 is 0 Å². The molecule has 25 heavy (non-hydrogen) atoms. The van der Waals surface area contributed by atoms with Gasteiger partial charge in [-0.3, -0.25) is 4.79 Å². The van der Waals surface area contributed by atoms with E-state index in [0.717, 1.165) is 5.56 Å². The van der Waals surface area contributed by atoms with Gasteiger partial charge in [-0.1, -0.05) is 18.2 Å². The van der Waals surface area contributed by atoms with E-state index in [1.54, 1.807) is 36.0 Å². The number of aliphatic hydroxyl groups excluding tert-OH is 1. The lowest BCUT2D eigenvalue weighted by Gasteiger charge is -2.12. The molecule has 0 aliphatic carbocycles. The number of pyridine rings is 1. The fraction of sp³-hybridized carbons (Fsp3) is 0.333. The molecule has 2 N–H and O–H groups in total. The number of benzene rings is 1. The van der Waals surface area contributed by atoms with Crippen molar-refractivity contribution >= 4 is 22.9 Å². The molecule has 1 heterocycles. The number of fused-ring (bicyclic) bond motifs is 1. The molecule has 134 valence electrons. The molecule has 0 aliphatic heterocycles. The minimum absolute atomic E-state index is 0.0389. The largest absolute Gasteiger partial charge is 0.477 e. The van der Waals surface area contributed by atoms with Gasteiger partial charge in [0.25, 0.3) is 0 Å². The quantitative estimate of drug-likeness (QED) is 0.665. The first-order valence-corrected chi connectivity index (χ1v) is 7.83. The second kappa shape index (κ2) is 9.12. The number of carbonyl (C=O) groups is 1. The van der Waals surface area contributed by atoms with Crippen LogP contribution in [0.5, 0.6) is 0 Å². The van der Waals surface area contributed by atoms with E-state index in [4.69, 9.17) is 14.6 Å². The summed E-state index contributed by atoms with van der Waals surface area (Å²) in [4.78, 5) is 23.8. The molecule has 7 heteroatoms. The highest BCUT2D eigenvalue weighted by Gasteiger charge is 2.14. The van der Waals surface area contributed by atoms with Crippen LogP contribution in [0.25, 0.3) is 17.0 Å². The summed E-state index contributed by atoms with van der Waals surface area (Å²) in [7, 11) is 1.56. The first kappa shape index (κ1) is 18.9. The molecule has 1 aromatic carbocycles. The number of carboxylic acid groups (broad SMARTS) is 1. The van der Waals surface area contributed by atoms with E-state index in [2.05, 4.69) is 0 Å². The number of aliphatic hydroxyl groups is 1. The molecule has 0 atom stereocenters. The second-order valence-corrected chi connectivity index (χ2v) is 5.34. The molecule has 0 saturated heterocycles. The molecule has 0 amide bonds. The Kier molecular flexibility index (Phi) is 6.88. The van der Waals surface area contributed by atoms with Crippen LogP contribution in [0, 0.1) is 0 Å². The summed E-state index contributed by atoms with van der Waals surface area (Å²) >= 11 is 0. The maximum absolute atomic E-state index is 12.5. The van der Waals surface area contributed by atoms with Gasteiger partial charge in [0.1, 0.15) is 5.56 Å². The number of rotatable bonds is 9. The van der Waals surface area contributed by atoms with E-state index < -0.39 is 11.4 Å². The smallest absolute Gasteiger partial charge is 0.341 e. The lowest BCUT2D eigenvalue weighted by molar-refractivity contribution is 0.0694. The van der Waals surface area contributed by atoms with Crippen LogP contribution in [-0.2, 0) is 16.0 Å². The summed E-state index contributed by atoms with van der Waals surface area (Å²) in [5.41, 5.74) is 0.637. The van der Waals surface area contributed by atoms with Gasteiger partial charge >= 0.3 is 5.97 Å². The van der Waals surface area contributed by atoms with E-state index in [1.807, 2.05) is 6.07 Å². The summed E-state index contributed by atoms with van der Waals surface area (Å²) in [5.74, 6) is -1.25. The van der Waals surface area contributed by atoms with E-state index >= 15 is 0 Å². The molecular formula is C18H21NO6. The summed E-state index contributed by atoms with van der Waals surface area (Å²) in [6, 6.07) is 5.29. The average Bonchev–Trinajstić information content (AvgIpc) is 2.61. The Balaban J connectivity index is 2.43. The molecular weight excluding hydrogens is 326 g/mol. The Morgan fingerprint density at radius 2 is 2.12 bits per heavy atom. The Bertz CT molecular complexity index is 824. The number of ether oxygens (including phenoxy) is 2. The molecule has 0 radical (unpaired) electrons. The molecule has 2 rings (SSSR count). The van der Waals surface area contributed by atoms with Crippen LogP contribution in [0.15, 0.2) is 35.3 Å². The van der Waals surface area contributed by atoms with Crippen LogP contribution in [0.2, 0.25) is 0 Å². The van der Waals surface area contributed by atoms with Crippen LogP contribution in [0.4, 0.5) is 0 Å². The normalized spacial score (nSPS) is 11.4. The Morgan fingerprint density at radius 3 is 2.80 bits per heavy atom. The van der Waals surface area contributed by atoms with Gasteiger partial charge in [-0.25, -0.2) is 4.79 Å². The number of nitrogens with zero attached hydrogens (tertiary/aromatic N) is 1. The summed E-state index contributed by atoms with van der Waals surface area (Å²) < 4.78 is 11.9. The summed E-state index contributed by atoms with van der Waals surface area (Å²) in [5, 5.41) is 18.3. The van der Waals surface area contributed by atoms with Crippen molar-refractivity contribution in [3.05, 3.63) is 51.8 Å². The van der Waals surface area contributed by atoms with E-state index in [-0.39, 0.29) is 18.8 Å². The first-order valence-electron chi connectivity index (χ1n) is 7.83. The lowest BCUT2D eigenvalue weighted by Crippen LogP contribution is -2.20. The fourth-order valence-corrected chi connectivity index (χ4v) is 2.45. The topological polar surface area (TPSA) is 98.0 Å². The van der Waals surface area contributed by atoms with Gasteiger partial charge in [-0.15, -0.1) is 0 Å². The van der Waals surface area contributed by atoms with Crippen LogP contribution in [-0.4, -0.2) is 54.3 Å². The van der Waals surface area contributed by atoms with Gasteiger partial charge in [0.15, 0.2) is 0 Å². The van der Waals surface area contributed by atoms with Gasteiger partial charge in [0.2, 0.25) is 5.43 Å². The van der Waals surface area contributed by atoms with Gasteiger partial charge in [-0.05, 0) is 17.7 Å². The van der Waals surface area contributed by atoms with Crippen molar-refractivity contribution in [2.75, 3.05) is 33.5 Å². The highest BCUT2D eigenvalue weighted by atomic mass is 16.5. The van der Waals surface area contributed by atoms with Crippen molar-refractivity contribution in [1.29, 1.82) is 0 Å². The Hall–Kier alpha value is -2.48. The van der Waals surface area contributed by atoms with E-state index in [1.165, 1.54) is 6.20 Å². The standard InChI is InChI=1S/C18H21NO6/c1-24-9-6-19-12-15(18(22)23)17(21)14-11-13(4-5-16(14)19)3-2-8-25-10-7-20/h2-5,11-12,20H,6-10H2,1H3,(H,22,23). The molecule has 7 nitrogen and oxygen atoms in total. The predicted octanol–water partition coefficient (Wildman–Crippen LogP) is 1.37. The van der Waals surface area contributed by atoms with Gasteiger partial charge in [0.05, 0.1) is 31.9 Å². The van der Waals surface area contributed by atoms with Gasteiger partial charge < -0.3 is 24.3 Å². The van der Waals surface area contributed by atoms with Crippen molar-refractivity contribution < 1.29 is 24.5 Å². The lowest BCUT2D eigenvalue weighted by atomic mass is 10.1. The van der Waals surface area contributed by atoms with Crippen LogP contribution < -0.4 is 5.43 Å². The number of methoxy groups -OCH3 is 1. The molecule has 0 unspecified atom stereocenters. The maximum atomic E-state index is 12.5. The third-order valence-electron chi connectivity index (χ3n) is 3.63. The van der Waals surface area contributed by atoms with Crippen molar-refractivity contribution in [2.24, 2.45) is 0 Å². The monoisotopic (exact) mass is 347 g/mol. The zero-order chi connectivity index (χ0) is 18.2. The van der Waals surface area contributed by atoms with Crippen molar-refractivity contribution in [2.45, 2.75) is 6.54 Å². The maximum Gasteiger partial charge on any atom is 0.341 e. The minimum Gasteiger partial charge on any atom is -0.477 e. The highest BCUT2D eigenvalue weighted by Crippen LogP contribution is 2.16. The Morgan fingerprint density at radius 1 is 1.32 bits per heavy atom. The third-order valence-corrected chi connectivity index (χ3v) is 3.63. The first-order chi connectivity index (χ1) is 12.1.